The third-order valence-corrected chi connectivity index (χ3v) is 1.39. The van der Waals surface area contributed by atoms with Crippen LogP contribution in [0.15, 0.2) is 0 Å². The summed E-state index contributed by atoms with van der Waals surface area (Å²) in [5.41, 5.74) is 0. The molecule has 0 amide bonds. The molecule has 0 nitrogen and oxygen atoms in total. The summed E-state index contributed by atoms with van der Waals surface area (Å²) in [6.45, 7) is 3.98. The molecule has 0 spiro atoms. The summed E-state index contributed by atoms with van der Waals surface area (Å²) in [5, 5.41) is 0. The summed E-state index contributed by atoms with van der Waals surface area (Å²) in [5.74, 6) is 0.576. The maximum atomic E-state index is 7.45. The molecular weight excluding hydrogens is 72.1 g/mol. The summed E-state index contributed by atoms with van der Waals surface area (Å²) in [4.78, 5) is 0. The van der Waals surface area contributed by atoms with Crippen LogP contribution in [-0.2, 0) is 0 Å². The third kappa shape index (κ3) is 0.735. The molecule has 0 unspecified atom stereocenters. The summed E-state index contributed by atoms with van der Waals surface area (Å²) in [6.07, 6.45) is 2.58. The fourth-order valence-electron chi connectivity index (χ4n) is 0.661. The first-order valence-corrected chi connectivity index (χ1v) is 2.61. The van der Waals surface area contributed by atoms with Crippen molar-refractivity contribution < 1.29 is 1.37 Å². The Bertz CT molecular complexity index is 66.7. The van der Waals surface area contributed by atoms with Crippen LogP contribution in [0.5, 0.6) is 0 Å². The van der Waals surface area contributed by atoms with Crippen molar-refractivity contribution in [3.63, 3.8) is 0 Å². The van der Waals surface area contributed by atoms with Gasteiger partial charge < -0.3 is 0 Å². The molecule has 6 heavy (non-hydrogen) atoms. The van der Waals surface area contributed by atoms with Gasteiger partial charge in [0.15, 0.2) is 0 Å². The van der Waals surface area contributed by atoms with Crippen LogP contribution >= 0.6 is 0 Å². The highest BCUT2D eigenvalue weighted by atomic mass is 14.3. The molecule has 1 aliphatic carbocycles. The van der Waals surface area contributed by atoms with E-state index < -0.39 is 0 Å². The van der Waals surface area contributed by atoms with Gasteiger partial charge in [0, 0.05) is 1.37 Å². The van der Waals surface area contributed by atoms with Crippen LogP contribution in [0.1, 0.15) is 28.1 Å². The van der Waals surface area contributed by atoms with Gasteiger partial charge in [-0.05, 0) is 24.7 Å². The van der Waals surface area contributed by atoms with E-state index in [2.05, 4.69) is 0 Å². The number of rotatable bonds is 1. The van der Waals surface area contributed by atoms with Crippen LogP contribution in [0, 0.1) is 11.8 Å². The minimum atomic E-state index is -0.139. The molecule has 0 aromatic heterocycles. The molecule has 0 atom stereocenters. The van der Waals surface area contributed by atoms with Crippen molar-refractivity contribution in [2.45, 2.75) is 26.7 Å². The van der Waals surface area contributed by atoms with Gasteiger partial charge in [-0.15, -0.1) is 0 Å². The van der Waals surface area contributed by atoms with Crippen molar-refractivity contribution in [3.05, 3.63) is 0 Å². The Balaban J connectivity index is 2.36. The van der Waals surface area contributed by atoms with Gasteiger partial charge in [-0.1, -0.05) is 13.8 Å². The molecule has 0 radical (unpaired) electrons. The molecule has 0 saturated heterocycles. The minimum Gasteiger partial charge on any atom is -0.0625 e. The lowest BCUT2D eigenvalue weighted by atomic mass is 10.1. The molecule has 0 aliphatic heterocycles. The molecule has 1 aliphatic rings. The minimum absolute atomic E-state index is 0.139. The Morgan fingerprint density at radius 3 is 2.17 bits per heavy atom. The van der Waals surface area contributed by atoms with Crippen LogP contribution in [-0.4, -0.2) is 0 Å². The Morgan fingerprint density at radius 1 is 1.67 bits per heavy atom. The van der Waals surface area contributed by atoms with Gasteiger partial charge in [-0.25, -0.2) is 0 Å². The SMILES string of the molecule is [2H]C(C)(C)C1CC1. The van der Waals surface area contributed by atoms with E-state index in [0.717, 1.165) is 0 Å². The van der Waals surface area contributed by atoms with Crippen LogP contribution < -0.4 is 0 Å². The van der Waals surface area contributed by atoms with Crippen LogP contribution in [0.4, 0.5) is 0 Å². The predicted octanol–water partition coefficient (Wildman–Crippen LogP) is 2.05. The van der Waals surface area contributed by atoms with E-state index in [1.807, 2.05) is 13.8 Å². The van der Waals surface area contributed by atoms with E-state index in [9.17, 15) is 0 Å². The van der Waals surface area contributed by atoms with Gasteiger partial charge >= 0.3 is 0 Å². The maximum Gasteiger partial charge on any atom is 0.0300 e. The van der Waals surface area contributed by atoms with Crippen LogP contribution in [0.25, 0.3) is 0 Å². The van der Waals surface area contributed by atoms with E-state index >= 15 is 0 Å². The van der Waals surface area contributed by atoms with Crippen LogP contribution in [0.3, 0.4) is 0 Å². The quantitative estimate of drug-likeness (QED) is 0.457. The largest absolute Gasteiger partial charge is 0.0625 e. The molecule has 1 saturated carbocycles. The van der Waals surface area contributed by atoms with Gasteiger partial charge in [-0.2, -0.15) is 0 Å². The Labute approximate surface area is 41.0 Å². The van der Waals surface area contributed by atoms with Gasteiger partial charge in [0.05, 0.1) is 0 Å². The topological polar surface area (TPSA) is 0 Å². The second-order valence-electron chi connectivity index (χ2n) is 2.35. The lowest BCUT2D eigenvalue weighted by Gasteiger charge is -1.94. The fourth-order valence-corrected chi connectivity index (χ4v) is 0.661. The van der Waals surface area contributed by atoms with Gasteiger partial charge in [0.1, 0.15) is 0 Å². The second-order valence-corrected chi connectivity index (χ2v) is 2.35. The number of hydrogen-bond acceptors (Lipinski definition) is 0. The van der Waals surface area contributed by atoms with Gasteiger partial charge in [0.2, 0.25) is 0 Å². The Kier molecular flexibility index (Phi) is 0.638. The molecule has 0 bridgehead atoms. The summed E-state index contributed by atoms with van der Waals surface area (Å²) >= 11 is 0. The molecule has 0 heteroatoms. The average Bonchev–Trinajstić information content (AvgIpc) is 1.99. The van der Waals surface area contributed by atoms with Crippen molar-refractivity contribution >= 4 is 0 Å². The predicted molar refractivity (Wildman–Crippen MR) is 27.6 cm³/mol. The summed E-state index contributed by atoms with van der Waals surface area (Å²) in [7, 11) is 0. The highest BCUT2D eigenvalue weighted by Crippen LogP contribution is 2.35. The molecule has 0 aromatic rings. The lowest BCUT2D eigenvalue weighted by molar-refractivity contribution is 0.563. The molecule has 0 N–H and O–H groups in total. The van der Waals surface area contributed by atoms with E-state index in [1.54, 1.807) is 0 Å². The first-order valence-electron chi connectivity index (χ1n) is 3.11. The summed E-state index contributed by atoms with van der Waals surface area (Å²) in [6, 6.07) is 0. The van der Waals surface area contributed by atoms with E-state index in [0.29, 0.717) is 5.92 Å². The van der Waals surface area contributed by atoms with Crippen molar-refractivity contribution in [2.24, 2.45) is 11.8 Å². The standard InChI is InChI=1S/C6H12/c1-5(2)6-3-4-6/h5-6H,3-4H2,1-2H3/i5D. The zero-order valence-corrected chi connectivity index (χ0v) is 4.49. The third-order valence-electron chi connectivity index (χ3n) is 1.39. The van der Waals surface area contributed by atoms with Crippen molar-refractivity contribution in [1.29, 1.82) is 0 Å². The molecule has 0 aromatic carbocycles. The monoisotopic (exact) mass is 85.1 g/mol. The maximum absolute atomic E-state index is 7.45. The first-order chi connectivity index (χ1) is 3.11. The van der Waals surface area contributed by atoms with Gasteiger partial charge in [-0.3, -0.25) is 0 Å². The molecule has 1 rings (SSSR count). The average molecular weight is 85.2 g/mol. The summed E-state index contributed by atoms with van der Waals surface area (Å²) < 4.78 is 7.45. The normalized spacial score (nSPS) is 26.7. The molecule has 0 heterocycles. The number of hydrogen-bond donors (Lipinski definition) is 0. The van der Waals surface area contributed by atoms with Crippen LogP contribution in [0.2, 0.25) is 0 Å². The molecule has 36 valence electrons. The fraction of sp³-hybridized carbons (Fsp3) is 1.00. The highest BCUT2D eigenvalue weighted by molar-refractivity contribution is 4.75. The first kappa shape index (κ1) is 3.06. The van der Waals surface area contributed by atoms with Crippen molar-refractivity contribution in [3.8, 4) is 0 Å². The highest BCUT2D eigenvalue weighted by Gasteiger charge is 2.23. The Hall–Kier alpha value is 0. The Morgan fingerprint density at radius 2 is 2.17 bits per heavy atom. The van der Waals surface area contributed by atoms with Crippen molar-refractivity contribution in [2.75, 3.05) is 0 Å². The molecule has 1 fully saturated rings. The zero-order chi connectivity index (χ0) is 5.49. The second kappa shape index (κ2) is 1.25. The van der Waals surface area contributed by atoms with Crippen molar-refractivity contribution in [1.82, 2.24) is 0 Å². The van der Waals surface area contributed by atoms with Gasteiger partial charge in [0.25, 0.3) is 0 Å². The van der Waals surface area contributed by atoms with E-state index in [4.69, 9.17) is 1.37 Å². The zero-order valence-electron chi connectivity index (χ0n) is 5.49. The lowest BCUT2D eigenvalue weighted by Crippen LogP contribution is -1.85. The smallest absolute Gasteiger partial charge is 0.0300 e. The van der Waals surface area contributed by atoms with E-state index in [1.165, 1.54) is 12.8 Å². The van der Waals surface area contributed by atoms with E-state index in [-0.39, 0.29) is 5.89 Å². The molecular formula is C6H12.